The van der Waals surface area contributed by atoms with Crippen LogP contribution in [0.25, 0.3) is 0 Å². The van der Waals surface area contributed by atoms with Crippen molar-refractivity contribution < 1.29 is 36.6 Å². The van der Waals surface area contributed by atoms with Crippen LogP contribution < -0.4 is 19.4 Å². The summed E-state index contributed by atoms with van der Waals surface area (Å²) in [6.07, 6.45) is -3.59. The number of piperidine rings is 1. The molecule has 2 atom stereocenters. The predicted octanol–water partition coefficient (Wildman–Crippen LogP) is 5.19. The van der Waals surface area contributed by atoms with Gasteiger partial charge in [0.2, 0.25) is 0 Å². The molecule has 1 fully saturated rings. The zero-order valence-electron chi connectivity index (χ0n) is 20.8. The number of esters is 1. The maximum atomic E-state index is 14.3. The zero-order valence-corrected chi connectivity index (χ0v) is 20.8. The van der Waals surface area contributed by atoms with Gasteiger partial charge in [0.15, 0.2) is 0 Å². The maximum Gasteiger partial charge on any atom is 0.431 e. The smallest absolute Gasteiger partial charge is 0.431 e. The quantitative estimate of drug-likeness (QED) is 0.368. The summed E-state index contributed by atoms with van der Waals surface area (Å²) >= 11 is 0. The van der Waals surface area contributed by atoms with E-state index in [-0.39, 0.29) is 18.3 Å². The van der Waals surface area contributed by atoms with Crippen LogP contribution in [-0.2, 0) is 9.53 Å². The van der Waals surface area contributed by atoms with Gasteiger partial charge in [0.25, 0.3) is 0 Å². The topological polar surface area (TPSA) is 63.6 Å². The van der Waals surface area contributed by atoms with Crippen LogP contribution in [-0.4, -0.2) is 57.3 Å². The van der Waals surface area contributed by atoms with E-state index in [0.717, 1.165) is 0 Å². The molecule has 2 aliphatic rings. The molecule has 0 saturated carbocycles. The molecule has 2 aromatic carbocycles. The highest BCUT2D eigenvalue weighted by Gasteiger charge is 2.48. The third-order valence-electron chi connectivity index (χ3n) is 6.77. The van der Waals surface area contributed by atoms with E-state index in [1.165, 1.54) is 32.2 Å². The molecule has 37 heavy (non-hydrogen) atoms. The van der Waals surface area contributed by atoms with Gasteiger partial charge in [-0.25, -0.2) is 4.39 Å². The van der Waals surface area contributed by atoms with Crippen molar-refractivity contribution >= 4 is 23.1 Å². The van der Waals surface area contributed by atoms with E-state index in [9.17, 15) is 22.4 Å². The lowest BCUT2D eigenvalue weighted by Crippen LogP contribution is -2.38. The van der Waals surface area contributed by atoms with Crippen LogP contribution in [0, 0.1) is 11.7 Å². The van der Waals surface area contributed by atoms with Gasteiger partial charge in [-0.3, -0.25) is 9.80 Å². The van der Waals surface area contributed by atoms with E-state index < -0.39 is 29.8 Å². The molecule has 7 nitrogen and oxygen atoms in total. The van der Waals surface area contributed by atoms with Gasteiger partial charge in [-0.05, 0) is 36.4 Å². The van der Waals surface area contributed by atoms with Gasteiger partial charge in [0.05, 0.1) is 38.1 Å². The highest BCUT2D eigenvalue weighted by molar-refractivity contribution is 5.96. The van der Waals surface area contributed by atoms with Crippen molar-refractivity contribution in [2.45, 2.75) is 44.5 Å². The van der Waals surface area contributed by atoms with Gasteiger partial charge in [0, 0.05) is 37.9 Å². The monoisotopic (exact) mass is 523 g/mol. The molecule has 2 aromatic rings. The number of anilines is 2. The molecular formula is C26H29F4N3O4. The Morgan fingerprint density at radius 2 is 1.70 bits per heavy atom. The van der Waals surface area contributed by atoms with Gasteiger partial charge >= 0.3 is 12.1 Å². The van der Waals surface area contributed by atoms with Crippen molar-refractivity contribution in [3.05, 3.63) is 48.3 Å². The number of hydrazone groups is 1. The summed E-state index contributed by atoms with van der Waals surface area (Å²) in [6.45, 7) is 2.60. The molecule has 4 rings (SSSR count). The molecule has 0 N–H and O–H groups in total. The lowest BCUT2D eigenvalue weighted by molar-refractivity contribution is -0.141. The SMILES string of the molecule is COC(=O)C[C@H]1[C@H](C)C(C(F)(F)F)=NN1c1ccc(OC2CCN(c3cc(OC)ccc3F)CC2)cc1. The first kappa shape index (κ1) is 26.6. The minimum absolute atomic E-state index is 0.0931. The fourth-order valence-corrected chi connectivity index (χ4v) is 4.70. The summed E-state index contributed by atoms with van der Waals surface area (Å²) in [4.78, 5) is 13.8. The summed E-state index contributed by atoms with van der Waals surface area (Å²) in [6, 6.07) is 10.4. The largest absolute Gasteiger partial charge is 0.497 e. The van der Waals surface area contributed by atoms with Crippen molar-refractivity contribution in [1.82, 2.24) is 0 Å². The van der Waals surface area contributed by atoms with Gasteiger partial charge < -0.3 is 19.1 Å². The third kappa shape index (κ3) is 5.91. The number of nitrogens with zero attached hydrogens (tertiary/aromatic N) is 3. The number of rotatable bonds is 7. The van der Waals surface area contributed by atoms with Crippen molar-refractivity contribution in [2.75, 3.05) is 37.2 Å². The Hall–Kier alpha value is -3.50. The van der Waals surface area contributed by atoms with Crippen LogP contribution >= 0.6 is 0 Å². The summed E-state index contributed by atoms with van der Waals surface area (Å²) in [5, 5.41) is 5.04. The first-order valence-electron chi connectivity index (χ1n) is 12.0. The van der Waals surface area contributed by atoms with E-state index >= 15 is 0 Å². The first-order valence-corrected chi connectivity index (χ1v) is 12.0. The number of carbonyl (C=O) groups excluding carboxylic acids is 1. The van der Waals surface area contributed by atoms with Crippen LogP contribution in [0.1, 0.15) is 26.2 Å². The number of carbonyl (C=O) groups is 1. The molecule has 0 spiro atoms. The fourth-order valence-electron chi connectivity index (χ4n) is 4.70. The van der Waals surface area contributed by atoms with Gasteiger partial charge in [-0.2, -0.15) is 18.3 Å². The van der Waals surface area contributed by atoms with E-state index in [1.807, 2.05) is 4.90 Å². The number of methoxy groups -OCH3 is 2. The molecule has 0 aromatic heterocycles. The Kier molecular flexibility index (Phi) is 7.79. The standard InChI is InChI=1S/C26H29F4N3O4/c1-16-22(15-24(34)36-3)33(31-25(16)26(28,29)30)17-4-6-18(7-5-17)37-19-10-12-32(13-11-19)23-14-20(35-2)8-9-21(23)27/h4-9,14,16,19,22H,10-13,15H2,1-3H3/t16-,22-/m0/s1. The van der Waals surface area contributed by atoms with E-state index in [1.54, 1.807) is 36.4 Å². The van der Waals surface area contributed by atoms with Crippen LogP contribution in [0.4, 0.5) is 28.9 Å². The fraction of sp³-hybridized carbons (Fsp3) is 0.462. The van der Waals surface area contributed by atoms with Crippen LogP contribution in [0.5, 0.6) is 11.5 Å². The molecule has 0 unspecified atom stereocenters. The first-order chi connectivity index (χ1) is 17.6. The molecule has 0 amide bonds. The van der Waals surface area contributed by atoms with Crippen molar-refractivity contribution in [3.63, 3.8) is 0 Å². The molecule has 2 aliphatic heterocycles. The van der Waals surface area contributed by atoms with E-state index in [0.29, 0.717) is 48.8 Å². The van der Waals surface area contributed by atoms with Crippen molar-refractivity contribution in [1.29, 1.82) is 0 Å². The molecular weight excluding hydrogens is 494 g/mol. The number of benzene rings is 2. The van der Waals surface area contributed by atoms with Crippen molar-refractivity contribution in [2.24, 2.45) is 11.0 Å². The zero-order chi connectivity index (χ0) is 26.7. The number of alkyl halides is 3. The number of halogens is 4. The predicted molar refractivity (Wildman–Crippen MR) is 131 cm³/mol. The normalized spacial score (nSPS) is 20.6. The number of ether oxygens (including phenoxy) is 3. The van der Waals surface area contributed by atoms with E-state index in [4.69, 9.17) is 9.47 Å². The van der Waals surface area contributed by atoms with Crippen LogP contribution in [0.3, 0.4) is 0 Å². The van der Waals surface area contributed by atoms with Crippen molar-refractivity contribution in [3.8, 4) is 11.5 Å². The Morgan fingerprint density at radius 3 is 2.30 bits per heavy atom. The molecule has 0 radical (unpaired) electrons. The van der Waals surface area contributed by atoms with E-state index in [2.05, 4.69) is 9.84 Å². The second kappa shape index (κ2) is 10.9. The lowest BCUT2D eigenvalue weighted by Gasteiger charge is -2.34. The average Bonchev–Trinajstić information content (AvgIpc) is 3.21. The molecule has 200 valence electrons. The number of hydrogen-bond donors (Lipinski definition) is 0. The second-order valence-electron chi connectivity index (χ2n) is 9.08. The Morgan fingerprint density at radius 1 is 1.05 bits per heavy atom. The summed E-state index contributed by atoms with van der Waals surface area (Å²) < 4.78 is 70.7. The summed E-state index contributed by atoms with van der Waals surface area (Å²) in [5.41, 5.74) is -0.0288. The maximum absolute atomic E-state index is 14.3. The average molecular weight is 524 g/mol. The minimum Gasteiger partial charge on any atom is -0.497 e. The molecule has 11 heteroatoms. The minimum atomic E-state index is -4.60. The highest BCUT2D eigenvalue weighted by atomic mass is 19.4. The third-order valence-corrected chi connectivity index (χ3v) is 6.77. The Labute approximate surface area is 212 Å². The second-order valence-corrected chi connectivity index (χ2v) is 9.08. The molecule has 1 saturated heterocycles. The molecule has 0 bridgehead atoms. The molecule has 2 heterocycles. The highest BCUT2D eigenvalue weighted by Crippen LogP contribution is 2.37. The molecule has 0 aliphatic carbocycles. The lowest BCUT2D eigenvalue weighted by atomic mass is 9.94. The van der Waals surface area contributed by atoms with Crippen LogP contribution in [0.2, 0.25) is 0 Å². The Balaban J connectivity index is 1.41. The van der Waals surface area contributed by atoms with Gasteiger partial charge in [0.1, 0.15) is 29.1 Å². The summed E-state index contributed by atoms with van der Waals surface area (Å²) in [7, 11) is 2.73. The van der Waals surface area contributed by atoms with Gasteiger partial charge in [-0.15, -0.1) is 0 Å². The summed E-state index contributed by atoms with van der Waals surface area (Å²) in [5.74, 6) is -0.779. The van der Waals surface area contributed by atoms with Crippen LogP contribution in [0.15, 0.2) is 47.6 Å². The number of hydrogen-bond acceptors (Lipinski definition) is 7. The Bertz CT molecular complexity index is 1130. The van der Waals surface area contributed by atoms with Gasteiger partial charge in [-0.1, -0.05) is 6.92 Å².